The Morgan fingerprint density at radius 2 is 2.27 bits per heavy atom. The standard InChI is InChI=1S/C9H11FN2O3/c1-4(13)7(11)5-2-6(10)8(9(14)15)12-3-5/h2-4,7,13H,11H2,1H3,(H,14,15). The van der Waals surface area contributed by atoms with Gasteiger partial charge in [0.05, 0.1) is 12.1 Å². The van der Waals surface area contributed by atoms with Crippen molar-refractivity contribution >= 4 is 5.97 Å². The fraction of sp³-hybridized carbons (Fsp3) is 0.333. The summed E-state index contributed by atoms with van der Waals surface area (Å²) >= 11 is 0. The van der Waals surface area contributed by atoms with E-state index in [0.717, 1.165) is 12.3 Å². The van der Waals surface area contributed by atoms with Crippen molar-refractivity contribution in [2.75, 3.05) is 0 Å². The van der Waals surface area contributed by atoms with Gasteiger partial charge in [0.15, 0.2) is 11.5 Å². The number of halogens is 1. The summed E-state index contributed by atoms with van der Waals surface area (Å²) in [5.41, 5.74) is 5.13. The Morgan fingerprint density at radius 3 is 2.67 bits per heavy atom. The smallest absolute Gasteiger partial charge is 0.357 e. The van der Waals surface area contributed by atoms with Crippen molar-refractivity contribution in [1.29, 1.82) is 0 Å². The predicted octanol–water partition coefficient (Wildman–Crippen LogP) is 0.300. The lowest BCUT2D eigenvalue weighted by Gasteiger charge is -2.14. The minimum Gasteiger partial charge on any atom is -0.476 e. The molecule has 15 heavy (non-hydrogen) atoms. The summed E-state index contributed by atoms with van der Waals surface area (Å²) in [6, 6.07) is 0.184. The number of carboxylic acid groups (broad SMARTS) is 1. The van der Waals surface area contributed by atoms with Gasteiger partial charge in [-0.25, -0.2) is 14.2 Å². The SMILES string of the molecule is CC(O)C(N)c1cnc(C(=O)O)c(F)c1. The van der Waals surface area contributed by atoms with Crippen LogP contribution < -0.4 is 5.73 Å². The number of hydrogen-bond donors (Lipinski definition) is 3. The minimum absolute atomic E-state index is 0.257. The quantitative estimate of drug-likeness (QED) is 0.672. The molecule has 0 radical (unpaired) electrons. The van der Waals surface area contributed by atoms with Gasteiger partial charge in [-0.2, -0.15) is 0 Å². The molecule has 2 unspecified atom stereocenters. The molecule has 0 saturated heterocycles. The fourth-order valence-corrected chi connectivity index (χ4v) is 1.07. The van der Waals surface area contributed by atoms with Crippen molar-refractivity contribution < 1.29 is 19.4 Å². The van der Waals surface area contributed by atoms with Crippen LogP contribution in [0.1, 0.15) is 29.0 Å². The first-order valence-electron chi connectivity index (χ1n) is 4.26. The summed E-state index contributed by atoms with van der Waals surface area (Å²) in [4.78, 5) is 13.9. The van der Waals surface area contributed by atoms with Crippen molar-refractivity contribution in [2.24, 2.45) is 5.73 Å². The van der Waals surface area contributed by atoms with Gasteiger partial charge < -0.3 is 15.9 Å². The predicted molar refractivity (Wildman–Crippen MR) is 49.8 cm³/mol. The lowest BCUT2D eigenvalue weighted by atomic mass is 10.1. The Hall–Kier alpha value is -1.53. The monoisotopic (exact) mass is 214 g/mol. The van der Waals surface area contributed by atoms with Gasteiger partial charge in [-0.1, -0.05) is 0 Å². The number of aliphatic hydroxyl groups is 1. The van der Waals surface area contributed by atoms with E-state index in [1.807, 2.05) is 0 Å². The topological polar surface area (TPSA) is 96.4 Å². The van der Waals surface area contributed by atoms with Crippen LogP contribution in [0, 0.1) is 5.82 Å². The van der Waals surface area contributed by atoms with E-state index in [2.05, 4.69) is 4.98 Å². The number of carbonyl (C=O) groups is 1. The summed E-state index contributed by atoms with van der Waals surface area (Å²) in [6.45, 7) is 1.45. The fourth-order valence-electron chi connectivity index (χ4n) is 1.07. The van der Waals surface area contributed by atoms with E-state index in [4.69, 9.17) is 15.9 Å². The van der Waals surface area contributed by atoms with E-state index in [1.165, 1.54) is 6.92 Å². The molecule has 0 aromatic carbocycles. The molecule has 0 aliphatic carbocycles. The van der Waals surface area contributed by atoms with E-state index in [9.17, 15) is 9.18 Å². The van der Waals surface area contributed by atoms with Crippen molar-refractivity contribution in [3.63, 3.8) is 0 Å². The molecule has 0 spiro atoms. The van der Waals surface area contributed by atoms with Crippen LogP contribution in [0.5, 0.6) is 0 Å². The van der Waals surface area contributed by atoms with E-state index >= 15 is 0 Å². The average Bonchev–Trinajstić information content (AvgIpc) is 2.15. The number of aromatic carboxylic acids is 1. The first-order valence-corrected chi connectivity index (χ1v) is 4.26. The number of hydrogen-bond acceptors (Lipinski definition) is 4. The van der Waals surface area contributed by atoms with E-state index in [1.54, 1.807) is 0 Å². The van der Waals surface area contributed by atoms with Crippen LogP contribution in [-0.4, -0.2) is 27.3 Å². The van der Waals surface area contributed by atoms with Gasteiger partial charge in [0.2, 0.25) is 0 Å². The van der Waals surface area contributed by atoms with E-state index in [-0.39, 0.29) is 5.56 Å². The van der Waals surface area contributed by atoms with Crippen LogP contribution in [0.3, 0.4) is 0 Å². The molecule has 0 bridgehead atoms. The Balaban J connectivity index is 3.06. The first-order chi connectivity index (χ1) is 6.93. The first kappa shape index (κ1) is 11.5. The zero-order valence-electron chi connectivity index (χ0n) is 8.01. The Labute approximate surface area is 85.4 Å². The molecule has 1 heterocycles. The summed E-state index contributed by atoms with van der Waals surface area (Å²) in [5, 5.41) is 17.7. The average molecular weight is 214 g/mol. The number of nitrogens with zero attached hydrogens (tertiary/aromatic N) is 1. The second-order valence-corrected chi connectivity index (χ2v) is 3.17. The van der Waals surface area contributed by atoms with Gasteiger partial charge in [0.1, 0.15) is 0 Å². The molecule has 0 fully saturated rings. The van der Waals surface area contributed by atoms with E-state index in [0.29, 0.717) is 0 Å². The van der Waals surface area contributed by atoms with Crippen molar-refractivity contribution in [3.05, 3.63) is 29.3 Å². The summed E-state index contributed by atoms with van der Waals surface area (Å²) < 4.78 is 13.1. The second-order valence-electron chi connectivity index (χ2n) is 3.17. The highest BCUT2D eigenvalue weighted by atomic mass is 19.1. The van der Waals surface area contributed by atoms with Crippen molar-refractivity contribution in [1.82, 2.24) is 4.98 Å². The molecule has 5 nitrogen and oxygen atoms in total. The highest BCUT2D eigenvalue weighted by molar-refractivity contribution is 5.85. The molecule has 0 saturated carbocycles. The zero-order valence-corrected chi connectivity index (χ0v) is 8.01. The van der Waals surface area contributed by atoms with Gasteiger partial charge in [-0.3, -0.25) is 0 Å². The van der Waals surface area contributed by atoms with Gasteiger partial charge in [0.25, 0.3) is 0 Å². The number of rotatable bonds is 3. The molecular formula is C9H11FN2O3. The number of pyridine rings is 1. The second kappa shape index (κ2) is 4.33. The van der Waals surface area contributed by atoms with Crippen LogP contribution in [0.4, 0.5) is 4.39 Å². The van der Waals surface area contributed by atoms with Gasteiger partial charge in [-0.15, -0.1) is 0 Å². The van der Waals surface area contributed by atoms with Crippen molar-refractivity contribution in [3.8, 4) is 0 Å². The van der Waals surface area contributed by atoms with Crippen LogP contribution in [0.25, 0.3) is 0 Å². The summed E-state index contributed by atoms with van der Waals surface area (Å²) in [5.74, 6) is -2.40. The largest absolute Gasteiger partial charge is 0.476 e. The molecule has 4 N–H and O–H groups in total. The molecule has 1 aromatic rings. The number of aromatic nitrogens is 1. The van der Waals surface area contributed by atoms with Crippen LogP contribution in [-0.2, 0) is 0 Å². The third kappa shape index (κ3) is 2.48. The molecule has 6 heteroatoms. The highest BCUT2D eigenvalue weighted by Crippen LogP contribution is 2.15. The molecule has 1 rings (SSSR count). The lowest BCUT2D eigenvalue weighted by Crippen LogP contribution is -2.23. The minimum atomic E-state index is -1.44. The molecule has 82 valence electrons. The van der Waals surface area contributed by atoms with Crippen molar-refractivity contribution in [2.45, 2.75) is 19.1 Å². The number of aliphatic hydroxyl groups excluding tert-OH is 1. The zero-order chi connectivity index (χ0) is 11.6. The third-order valence-electron chi connectivity index (χ3n) is 1.97. The van der Waals surface area contributed by atoms with Crippen LogP contribution >= 0.6 is 0 Å². The lowest BCUT2D eigenvalue weighted by molar-refractivity contribution is 0.0685. The normalized spacial score (nSPS) is 14.7. The maximum Gasteiger partial charge on any atom is 0.357 e. The molecule has 1 aromatic heterocycles. The summed E-state index contributed by atoms with van der Waals surface area (Å²) in [7, 11) is 0. The van der Waals surface area contributed by atoms with Crippen LogP contribution in [0.2, 0.25) is 0 Å². The van der Waals surface area contributed by atoms with E-state index < -0.39 is 29.6 Å². The maximum absolute atomic E-state index is 13.1. The molecule has 0 aliphatic heterocycles. The number of nitrogens with two attached hydrogens (primary N) is 1. The maximum atomic E-state index is 13.1. The molecule has 2 atom stereocenters. The summed E-state index contributed by atoms with van der Waals surface area (Å²) in [6.07, 6.45) is 0.283. The van der Waals surface area contributed by atoms with Gasteiger partial charge in [0, 0.05) is 6.20 Å². The Morgan fingerprint density at radius 1 is 1.67 bits per heavy atom. The van der Waals surface area contributed by atoms with Crippen LogP contribution in [0.15, 0.2) is 12.3 Å². The highest BCUT2D eigenvalue weighted by Gasteiger charge is 2.17. The molecule has 0 aliphatic rings. The Bertz CT molecular complexity index is 382. The third-order valence-corrected chi connectivity index (χ3v) is 1.97. The van der Waals surface area contributed by atoms with Gasteiger partial charge >= 0.3 is 5.97 Å². The number of carboxylic acids is 1. The Kier molecular flexibility index (Phi) is 3.33. The molecule has 0 amide bonds. The molecular weight excluding hydrogens is 203 g/mol. The van der Waals surface area contributed by atoms with Gasteiger partial charge in [-0.05, 0) is 18.6 Å².